The fourth-order valence-electron chi connectivity index (χ4n) is 3.55. The van der Waals surface area contributed by atoms with E-state index in [1.807, 2.05) is 41.1 Å². The summed E-state index contributed by atoms with van der Waals surface area (Å²) in [4.78, 5) is 31.9. The highest BCUT2D eigenvalue weighted by atomic mass is 16.4. The van der Waals surface area contributed by atoms with Crippen LogP contribution in [0.3, 0.4) is 0 Å². The number of hydrogen-bond acceptors (Lipinski definition) is 5. The van der Waals surface area contributed by atoms with E-state index in [4.69, 9.17) is 5.11 Å². The van der Waals surface area contributed by atoms with Crippen LogP contribution in [0.1, 0.15) is 30.1 Å². The van der Waals surface area contributed by atoms with Crippen molar-refractivity contribution in [3.8, 4) is 0 Å². The van der Waals surface area contributed by atoms with Gasteiger partial charge in [-0.2, -0.15) is 5.10 Å². The van der Waals surface area contributed by atoms with Gasteiger partial charge in [0.15, 0.2) is 0 Å². The van der Waals surface area contributed by atoms with Crippen molar-refractivity contribution in [1.29, 1.82) is 0 Å². The van der Waals surface area contributed by atoms with Gasteiger partial charge in [-0.1, -0.05) is 6.07 Å². The summed E-state index contributed by atoms with van der Waals surface area (Å²) in [6.45, 7) is 2.13. The highest BCUT2D eigenvalue weighted by Gasteiger charge is 2.27. The lowest BCUT2D eigenvalue weighted by molar-refractivity contribution is -0.138. The third kappa shape index (κ3) is 5.13. The predicted molar refractivity (Wildman–Crippen MR) is 99.0 cm³/mol. The van der Waals surface area contributed by atoms with Gasteiger partial charge in [-0.3, -0.25) is 24.2 Å². The highest BCUT2D eigenvalue weighted by Crippen LogP contribution is 2.27. The summed E-state index contributed by atoms with van der Waals surface area (Å²) >= 11 is 0. The Morgan fingerprint density at radius 2 is 2.15 bits per heavy atom. The first kappa shape index (κ1) is 19.0. The second kappa shape index (κ2) is 8.77. The normalized spacial score (nSPS) is 17.3. The molecule has 2 aromatic rings. The topological polar surface area (TPSA) is 91.6 Å². The van der Waals surface area contributed by atoms with E-state index in [0.29, 0.717) is 19.6 Å². The molecule has 1 amide bonds. The van der Waals surface area contributed by atoms with E-state index in [1.54, 1.807) is 12.4 Å². The third-order valence-corrected chi connectivity index (χ3v) is 4.79. The number of likely N-dealkylation sites (N-methyl/N-ethyl adjacent to an activating group) is 1. The molecule has 8 heteroatoms. The standard InChI is InChI=1S/C19H25N5O3/c1-22(12-16-6-2-3-8-20-16)13-18(25)23-10-4-5-15(11-23)17-7-9-21-24(17)14-19(26)27/h2-3,6-9,15H,4-5,10-14H2,1H3,(H,26,27)/t15-/m0/s1. The van der Waals surface area contributed by atoms with Crippen molar-refractivity contribution in [1.82, 2.24) is 24.6 Å². The van der Waals surface area contributed by atoms with Crippen LogP contribution >= 0.6 is 0 Å². The minimum Gasteiger partial charge on any atom is -0.480 e. The van der Waals surface area contributed by atoms with Gasteiger partial charge in [0.1, 0.15) is 6.54 Å². The number of hydrogen-bond donors (Lipinski definition) is 1. The van der Waals surface area contributed by atoms with Crippen LogP contribution in [-0.4, -0.2) is 68.2 Å². The van der Waals surface area contributed by atoms with Crippen molar-refractivity contribution in [3.63, 3.8) is 0 Å². The largest absolute Gasteiger partial charge is 0.480 e. The SMILES string of the molecule is CN(CC(=O)N1CCC[C@H](c2ccnn2CC(=O)O)C1)Cc1ccccn1. The Kier molecular flexibility index (Phi) is 6.18. The summed E-state index contributed by atoms with van der Waals surface area (Å²) in [5.41, 5.74) is 1.82. The van der Waals surface area contributed by atoms with E-state index in [9.17, 15) is 9.59 Å². The summed E-state index contributed by atoms with van der Waals surface area (Å²) in [6, 6.07) is 7.61. The number of likely N-dealkylation sites (tertiary alicyclic amines) is 1. The minimum atomic E-state index is -0.917. The molecule has 27 heavy (non-hydrogen) atoms. The molecule has 0 spiro atoms. The monoisotopic (exact) mass is 371 g/mol. The molecule has 0 aliphatic carbocycles. The maximum absolute atomic E-state index is 12.7. The second-order valence-electron chi connectivity index (χ2n) is 6.98. The van der Waals surface area contributed by atoms with Gasteiger partial charge in [-0.05, 0) is 38.1 Å². The second-order valence-corrected chi connectivity index (χ2v) is 6.98. The molecule has 0 bridgehead atoms. The molecule has 2 aromatic heterocycles. The molecule has 1 atom stereocenters. The molecule has 144 valence electrons. The van der Waals surface area contributed by atoms with Gasteiger partial charge in [0.2, 0.25) is 5.91 Å². The summed E-state index contributed by atoms with van der Waals surface area (Å²) in [7, 11) is 1.91. The minimum absolute atomic E-state index is 0.0856. The molecule has 1 N–H and O–H groups in total. The van der Waals surface area contributed by atoms with Crippen molar-refractivity contribution in [2.75, 3.05) is 26.7 Å². The van der Waals surface area contributed by atoms with E-state index in [0.717, 1.165) is 30.8 Å². The number of aromatic nitrogens is 3. The smallest absolute Gasteiger partial charge is 0.325 e. The molecule has 1 fully saturated rings. The summed E-state index contributed by atoms with van der Waals surface area (Å²) in [6.07, 6.45) is 5.21. The number of aliphatic carboxylic acids is 1. The van der Waals surface area contributed by atoms with Crippen molar-refractivity contribution in [3.05, 3.63) is 48.0 Å². The number of carboxylic acid groups (broad SMARTS) is 1. The zero-order valence-corrected chi connectivity index (χ0v) is 15.5. The van der Waals surface area contributed by atoms with Gasteiger partial charge in [-0.15, -0.1) is 0 Å². The van der Waals surface area contributed by atoms with E-state index in [-0.39, 0.29) is 18.4 Å². The zero-order chi connectivity index (χ0) is 19.2. The Bertz CT molecular complexity index is 777. The highest BCUT2D eigenvalue weighted by molar-refractivity contribution is 5.78. The molecule has 8 nitrogen and oxygen atoms in total. The zero-order valence-electron chi connectivity index (χ0n) is 15.5. The molecule has 1 saturated heterocycles. The Morgan fingerprint density at radius 3 is 2.89 bits per heavy atom. The van der Waals surface area contributed by atoms with E-state index >= 15 is 0 Å². The summed E-state index contributed by atoms with van der Waals surface area (Å²) in [5, 5.41) is 13.1. The Balaban J connectivity index is 1.58. The van der Waals surface area contributed by atoms with Gasteiger partial charge < -0.3 is 10.0 Å². The quantitative estimate of drug-likeness (QED) is 0.786. The maximum Gasteiger partial charge on any atom is 0.325 e. The molecule has 0 saturated carbocycles. The fraction of sp³-hybridized carbons (Fsp3) is 0.474. The lowest BCUT2D eigenvalue weighted by Crippen LogP contribution is -2.44. The van der Waals surface area contributed by atoms with Crippen molar-refractivity contribution < 1.29 is 14.7 Å². The number of rotatable bonds is 7. The van der Waals surface area contributed by atoms with Gasteiger partial charge in [0.05, 0.1) is 12.2 Å². The molecule has 3 rings (SSSR count). The van der Waals surface area contributed by atoms with Crippen LogP contribution in [0.25, 0.3) is 0 Å². The lowest BCUT2D eigenvalue weighted by atomic mass is 9.94. The number of pyridine rings is 1. The first-order valence-corrected chi connectivity index (χ1v) is 9.12. The average molecular weight is 371 g/mol. The Hall–Kier alpha value is -2.74. The first-order valence-electron chi connectivity index (χ1n) is 9.12. The molecule has 3 heterocycles. The van der Waals surface area contributed by atoms with Crippen LogP contribution in [0.4, 0.5) is 0 Å². The van der Waals surface area contributed by atoms with Crippen LogP contribution < -0.4 is 0 Å². The molecule has 0 radical (unpaired) electrons. The van der Waals surface area contributed by atoms with Crippen molar-refractivity contribution in [2.45, 2.75) is 31.8 Å². The number of carboxylic acids is 1. The van der Waals surface area contributed by atoms with Gasteiger partial charge in [-0.25, -0.2) is 0 Å². The first-order chi connectivity index (χ1) is 13.0. The Labute approximate surface area is 158 Å². The third-order valence-electron chi connectivity index (χ3n) is 4.79. The van der Waals surface area contributed by atoms with E-state index < -0.39 is 5.97 Å². The average Bonchev–Trinajstić information content (AvgIpc) is 3.10. The van der Waals surface area contributed by atoms with Crippen molar-refractivity contribution >= 4 is 11.9 Å². The van der Waals surface area contributed by atoms with Crippen LogP contribution in [0.15, 0.2) is 36.7 Å². The van der Waals surface area contributed by atoms with Crippen LogP contribution in [0.2, 0.25) is 0 Å². The number of carbonyl (C=O) groups excluding carboxylic acids is 1. The van der Waals surface area contributed by atoms with Crippen LogP contribution in [0.5, 0.6) is 0 Å². The molecule has 1 aliphatic heterocycles. The number of piperidine rings is 1. The Morgan fingerprint density at radius 1 is 1.30 bits per heavy atom. The van der Waals surface area contributed by atoms with Gasteiger partial charge in [0, 0.05) is 43.6 Å². The molecule has 1 aliphatic rings. The van der Waals surface area contributed by atoms with Crippen molar-refractivity contribution in [2.24, 2.45) is 0 Å². The molecule has 0 aromatic carbocycles. The maximum atomic E-state index is 12.7. The van der Waals surface area contributed by atoms with Crippen LogP contribution in [0, 0.1) is 0 Å². The van der Waals surface area contributed by atoms with E-state index in [2.05, 4.69) is 10.1 Å². The number of nitrogens with zero attached hydrogens (tertiary/aromatic N) is 5. The fourth-order valence-corrected chi connectivity index (χ4v) is 3.55. The predicted octanol–water partition coefficient (Wildman–Crippen LogP) is 1.20. The van der Waals surface area contributed by atoms with Crippen LogP contribution in [-0.2, 0) is 22.7 Å². The number of carbonyl (C=O) groups is 2. The lowest BCUT2D eigenvalue weighted by Gasteiger charge is -2.34. The summed E-state index contributed by atoms with van der Waals surface area (Å²) < 4.78 is 1.52. The van der Waals surface area contributed by atoms with Gasteiger partial charge >= 0.3 is 5.97 Å². The summed E-state index contributed by atoms with van der Waals surface area (Å²) in [5.74, 6) is -0.715. The molecular weight excluding hydrogens is 346 g/mol. The van der Waals surface area contributed by atoms with Gasteiger partial charge in [0.25, 0.3) is 0 Å². The molecule has 0 unspecified atom stereocenters. The number of amides is 1. The van der Waals surface area contributed by atoms with E-state index in [1.165, 1.54) is 4.68 Å². The molecular formula is C19H25N5O3.